The predicted molar refractivity (Wildman–Crippen MR) is 85.7 cm³/mol. The zero-order valence-corrected chi connectivity index (χ0v) is 13.3. The van der Waals surface area contributed by atoms with E-state index >= 15 is 0 Å². The Bertz CT molecular complexity index is 574. The number of nitriles is 1. The van der Waals surface area contributed by atoms with E-state index in [9.17, 15) is 4.79 Å². The molecule has 1 aromatic rings. The monoisotopic (exact) mass is 285 g/mol. The van der Waals surface area contributed by atoms with Crippen molar-refractivity contribution in [3.05, 3.63) is 41.6 Å². The van der Waals surface area contributed by atoms with Crippen molar-refractivity contribution in [2.45, 2.75) is 46.1 Å². The SMILES string of the molecule is CC(C)c1ccccc1NC(=O)/C(C#N)=C\NC(C)(C)C. The highest BCUT2D eigenvalue weighted by molar-refractivity contribution is 6.06. The fraction of sp³-hybridized carbons (Fsp3) is 0.412. The number of hydrogen-bond donors (Lipinski definition) is 2. The van der Waals surface area contributed by atoms with Gasteiger partial charge in [-0.05, 0) is 38.3 Å². The molecule has 0 aliphatic rings. The highest BCUT2D eigenvalue weighted by atomic mass is 16.1. The summed E-state index contributed by atoms with van der Waals surface area (Å²) in [4.78, 5) is 12.2. The van der Waals surface area contributed by atoms with Crippen molar-refractivity contribution in [2.75, 3.05) is 5.32 Å². The van der Waals surface area contributed by atoms with Crippen molar-refractivity contribution in [1.29, 1.82) is 5.26 Å². The minimum atomic E-state index is -0.401. The van der Waals surface area contributed by atoms with Crippen LogP contribution < -0.4 is 10.6 Å². The molecule has 0 aromatic heterocycles. The fourth-order valence-corrected chi connectivity index (χ4v) is 1.74. The van der Waals surface area contributed by atoms with E-state index in [0.29, 0.717) is 5.92 Å². The van der Waals surface area contributed by atoms with Crippen LogP contribution in [0.3, 0.4) is 0 Å². The van der Waals surface area contributed by atoms with Crippen LogP contribution >= 0.6 is 0 Å². The molecule has 4 heteroatoms. The Hall–Kier alpha value is -2.28. The van der Waals surface area contributed by atoms with Crippen LogP contribution in [0.15, 0.2) is 36.0 Å². The standard InChI is InChI=1S/C17H23N3O/c1-12(2)14-8-6-7-9-15(14)20-16(21)13(10-18)11-19-17(3,4)5/h6-9,11-12,19H,1-5H3,(H,20,21)/b13-11-. The maximum atomic E-state index is 12.2. The van der Waals surface area contributed by atoms with Crippen molar-refractivity contribution < 1.29 is 4.79 Å². The Balaban J connectivity index is 2.92. The Morgan fingerprint density at radius 3 is 2.43 bits per heavy atom. The highest BCUT2D eigenvalue weighted by Gasteiger charge is 2.14. The lowest BCUT2D eigenvalue weighted by Gasteiger charge is -2.19. The molecule has 0 aliphatic heterocycles. The Labute approximate surface area is 126 Å². The van der Waals surface area contributed by atoms with Gasteiger partial charge in [-0.1, -0.05) is 32.0 Å². The molecule has 0 saturated heterocycles. The van der Waals surface area contributed by atoms with E-state index in [1.807, 2.05) is 51.1 Å². The molecule has 0 saturated carbocycles. The Morgan fingerprint density at radius 1 is 1.29 bits per heavy atom. The Kier molecular flexibility index (Phi) is 5.54. The third-order valence-corrected chi connectivity index (χ3v) is 2.85. The summed E-state index contributed by atoms with van der Waals surface area (Å²) in [7, 11) is 0. The molecule has 1 amide bonds. The molecule has 21 heavy (non-hydrogen) atoms. The first-order valence-electron chi connectivity index (χ1n) is 7.03. The zero-order chi connectivity index (χ0) is 16.0. The number of hydrogen-bond acceptors (Lipinski definition) is 3. The summed E-state index contributed by atoms with van der Waals surface area (Å²) in [5.74, 6) is -0.105. The molecule has 0 bridgehead atoms. The third-order valence-electron chi connectivity index (χ3n) is 2.85. The van der Waals surface area contributed by atoms with Crippen LogP contribution in [0.5, 0.6) is 0 Å². The van der Waals surface area contributed by atoms with Gasteiger partial charge in [-0.3, -0.25) is 4.79 Å². The third kappa shape index (κ3) is 5.31. The molecule has 0 spiro atoms. The van der Waals surface area contributed by atoms with Gasteiger partial charge >= 0.3 is 0 Å². The predicted octanol–water partition coefficient (Wildman–Crippen LogP) is 3.54. The second kappa shape index (κ2) is 6.94. The van der Waals surface area contributed by atoms with Crippen LogP contribution in [0.4, 0.5) is 5.69 Å². The lowest BCUT2D eigenvalue weighted by molar-refractivity contribution is -0.112. The molecular formula is C17H23N3O. The smallest absolute Gasteiger partial charge is 0.267 e. The van der Waals surface area contributed by atoms with Gasteiger partial charge in [0.1, 0.15) is 11.6 Å². The van der Waals surface area contributed by atoms with Gasteiger partial charge in [0.2, 0.25) is 0 Å². The quantitative estimate of drug-likeness (QED) is 0.657. The molecule has 2 N–H and O–H groups in total. The van der Waals surface area contributed by atoms with Gasteiger partial charge in [-0.2, -0.15) is 5.26 Å². The van der Waals surface area contributed by atoms with Crippen LogP contribution in [0.2, 0.25) is 0 Å². The van der Waals surface area contributed by atoms with Crippen LogP contribution in [0.25, 0.3) is 0 Å². The largest absolute Gasteiger partial charge is 0.385 e. The average Bonchev–Trinajstić information content (AvgIpc) is 2.38. The number of benzene rings is 1. The van der Waals surface area contributed by atoms with Crippen LogP contribution in [0.1, 0.15) is 46.1 Å². The van der Waals surface area contributed by atoms with Crippen molar-refractivity contribution in [1.82, 2.24) is 5.32 Å². The molecule has 0 atom stereocenters. The summed E-state index contributed by atoms with van der Waals surface area (Å²) in [5, 5.41) is 15.0. The molecule has 4 nitrogen and oxygen atoms in total. The summed E-state index contributed by atoms with van der Waals surface area (Å²) in [6, 6.07) is 9.56. The van der Waals surface area contributed by atoms with Gasteiger partial charge in [0.15, 0.2) is 0 Å². The first-order chi connectivity index (χ1) is 9.74. The van der Waals surface area contributed by atoms with Crippen LogP contribution in [-0.4, -0.2) is 11.4 Å². The van der Waals surface area contributed by atoms with E-state index < -0.39 is 5.91 Å². The summed E-state index contributed by atoms with van der Waals surface area (Å²) >= 11 is 0. The molecule has 112 valence electrons. The van der Waals surface area contributed by atoms with Gasteiger partial charge in [-0.25, -0.2) is 0 Å². The van der Waals surface area contributed by atoms with Gasteiger partial charge in [0.25, 0.3) is 5.91 Å². The number of nitrogens with one attached hydrogen (secondary N) is 2. The average molecular weight is 285 g/mol. The van der Waals surface area contributed by atoms with Gasteiger partial charge < -0.3 is 10.6 Å². The topological polar surface area (TPSA) is 64.9 Å². The maximum Gasteiger partial charge on any atom is 0.267 e. The minimum absolute atomic E-state index is 0.0588. The molecule has 0 heterocycles. The molecule has 1 rings (SSSR count). The zero-order valence-electron chi connectivity index (χ0n) is 13.3. The molecule has 1 aromatic carbocycles. The normalized spacial score (nSPS) is 12.0. The number of amides is 1. The van der Waals surface area contributed by atoms with E-state index in [1.54, 1.807) is 0 Å². The number of rotatable bonds is 4. The molecule has 0 fully saturated rings. The Morgan fingerprint density at radius 2 is 1.90 bits per heavy atom. The maximum absolute atomic E-state index is 12.2. The summed E-state index contributed by atoms with van der Waals surface area (Å²) in [6.07, 6.45) is 1.47. The van der Waals surface area contributed by atoms with Crippen molar-refractivity contribution in [3.8, 4) is 6.07 Å². The highest BCUT2D eigenvalue weighted by Crippen LogP contribution is 2.23. The van der Waals surface area contributed by atoms with E-state index in [1.165, 1.54) is 6.20 Å². The number of anilines is 1. The fourth-order valence-electron chi connectivity index (χ4n) is 1.74. The second-order valence-corrected chi connectivity index (χ2v) is 6.26. The molecular weight excluding hydrogens is 262 g/mol. The number of nitrogens with zero attached hydrogens (tertiary/aromatic N) is 1. The van der Waals surface area contributed by atoms with Crippen LogP contribution in [-0.2, 0) is 4.79 Å². The van der Waals surface area contributed by atoms with Gasteiger partial charge in [0, 0.05) is 17.4 Å². The molecule has 0 aliphatic carbocycles. The first kappa shape index (κ1) is 16.8. The molecule has 0 unspecified atom stereocenters. The van der Waals surface area contributed by atoms with Crippen molar-refractivity contribution in [3.63, 3.8) is 0 Å². The van der Waals surface area contributed by atoms with Crippen LogP contribution in [0, 0.1) is 11.3 Å². The van der Waals surface area contributed by atoms with E-state index in [-0.39, 0.29) is 11.1 Å². The summed E-state index contributed by atoms with van der Waals surface area (Å²) in [5.41, 5.74) is 1.66. The number of para-hydroxylation sites is 1. The van der Waals surface area contributed by atoms with E-state index in [2.05, 4.69) is 24.5 Å². The number of carbonyl (C=O) groups excluding carboxylic acids is 1. The lowest BCUT2D eigenvalue weighted by atomic mass is 10.0. The first-order valence-corrected chi connectivity index (χ1v) is 7.03. The van der Waals surface area contributed by atoms with Gasteiger partial charge in [-0.15, -0.1) is 0 Å². The van der Waals surface area contributed by atoms with E-state index in [0.717, 1.165) is 11.3 Å². The summed E-state index contributed by atoms with van der Waals surface area (Å²) < 4.78 is 0. The summed E-state index contributed by atoms with van der Waals surface area (Å²) in [6.45, 7) is 10.0. The minimum Gasteiger partial charge on any atom is -0.385 e. The number of carbonyl (C=O) groups is 1. The molecule has 0 radical (unpaired) electrons. The van der Waals surface area contributed by atoms with E-state index in [4.69, 9.17) is 5.26 Å². The second-order valence-electron chi connectivity index (χ2n) is 6.26. The lowest BCUT2D eigenvalue weighted by Crippen LogP contribution is -2.32. The van der Waals surface area contributed by atoms with Crippen molar-refractivity contribution >= 4 is 11.6 Å². The van der Waals surface area contributed by atoms with Gasteiger partial charge in [0.05, 0.1) is 0 Å². The van der Waals surface area contributed by atoms with Crippen molar-refractivity contribution in [2.24, 2.45) is 0 Å².